The molecule has 5 heteroatoms. The van der Waals surface area contributed by atoms with Crippen molar-refractivity contribution in [1.29, 1.82) is 0 Å². The van der Waals surface area contributed by atoms with Crippen molar-refractivity contribution in [3.8, 4) is 0 Å². The lowest BCUT2D eigenvalue weighted by atomic mass is 9.90. The summed E-state index contributed by atoms with van der Waals surface area (Å²) in [6.07, 6.45) is 3.18. The maximum atomic E-state index is 12.9. The number of carbonyl (C=O) groups excluding carboxylic acids is 1. The van der Waals surface area contributed by atoms with Crippen molar-refractivity contribution in [2.24, 2.45) is 0 Å². The van der Waals surface area contributed by atoms with Gasteiger partial charge in [-0.2, -0.15) is 0 Å². The van der Waals surface area contributed by atoms with E-state index in [-0.39, 0.29) is 17.9 Å². The number of benzene rings is 3. The van der Waals surface area contributed by atoms with Gasteiger partial charge in [0.15, 0.2) is 0 Å². The Kier molecular flexibility index (Phi) is 8.67. The molecule has 2 aliphatic heterocycles. The van der Waals surface area contributed by atoms with E-state index in [1.54, 1.807) is 7.05 Å². The van der Waals surface area contributed by atoms with Gasteiger partial charge in [-0.3, -0.25) is 14.6 Å². The van der Waals surface area contributed by atoms with Gasteiger partial charge in [0, 0.05) is 44.7 Å². The average Bonchev–Trinajstić information content (AvgIpc) is 3.36. The summed E-state index contributed by atoms with van der Waals surface area (Å²) in [6.45, 7) is 5.00. The van der Waals surface area contributed by atoms with Crippen molar-refractivity contribution in [3.63, 3.8) is 0 Å². The van der Waals surface area contributed by atoms with E-state index in [0.717, 1.165) is 52.0 Å². The van der Waals surface area contributed by atoms with Crippen molar-refractivity contribution in [3.05, 3.63) is 108 Å². The fourth-order valence-corrected chi connectivity index (χ4v) is 6.11. The van der Waals surface area contributed by atoms with Crippen LogP contribution < -0.4 is 10.6 Å². The minimum absolute atomic E-state index is 0.101. The van der Waals surface area contributed by atoms with Gasteiger partial charge in [-0.15, -0.1) is 0 Å². The normalized spacial score (nSPS) is 21.4. The molecule has 0 radical (unpaired) electrons. The average molecular weight is 497 g/mol. The molecule has 2 heterocycles. The topological polar surface area (TPSA) is 47.6 Å². The zero-order valence-electron chi connectivity index (χ0n) is 21.9. The maximum absolute atomic E-state index is 12.9. The number of rotatable bonds is 9. The van der Waals surface area contributed by atoms with Gasteiger partial charge in [-0.1, -0.05) is 91.0 Å². The molecule has 0 unspecified atom stereocenters. The summed E-state index contributed by atoms with van der Waals surface area (Å²) in [6, 6.07) is 32.9. The third-order valence-electron chi connectivity index (χ3n) is 8.08. The van der Waals surface area contributed by atoms with Crippen molar-refractivity contribution in [2.45, 2.75) is 49.9 Å². The highest BCUT2D eigenvalue weighted by Gasteiger charge is 2.38. The number of likely N-dealkylation sites (tertiary alicyclic amines) is 2. The predicted molar refractivity (Wildman–Crippen MR) is 150 cm³/mol. The van der Waals surface area contributed by atoms with Crippen LogP contribution in [-0.2, 0) is 11.3 Å². The van der Waals surface area contributed by atoms with E-state index in [1.165, 1.54) is 16.7 Å². The molecule has 3 aromatic rings. The summed E-state index contributed by atoms with van der Waals surface area (Å²) in [5.74, 6) is 0.358. The molecule has 2 atom stereocenters. The van der Waals surface area contributed by atoms with Crippen LogP contribution in [0.4, 0.5) is 0 Å². The first-order valence-electron chi connectivity index (χ1n) is 13.8. The standard InChI is InChI=1S/C32H40N4O/c1-33-32(37)31-21-29(34-28-17-19-35(20-18-28)22-25-11-5-2-6-12-25)23-36(31)24-30(26-13-7-3-8-14-26)27-15-9-4-10-16-27/h2-16,28-31,34H,17-24H2,1H3,(H,33,37)/t29-,31-/m0/s1. The lowest BCUT2D eigenvalue weighted by Crippen LogP contribution is -2.46. The molecular weight excluding hydrogens is 456 g/mol. The number of hydrogen-bond donors (Lipinski definition) is 2. The molecule has 2 aliphatic rings. The van der Waals surface area contributed by atoms with E-state index in [2.05, 4.69) is 111 Å². The van der Waals surface area contributed by atoms with Crippen LogP contribution in [0.1, 0.15) is 41.9 Å². The van der Waals surface area contributed by atoms with Gasteiger partial charge in [-0.05, 0) is 49.0 Å². The van der Waals surface area contributed by atoms with Crippen LogP contribution in [0.25, 0.3) is 0 Å². The number of nitrogens with one attached hydrogen (secondary N) is 2. The van der Waals surface area contributed by atoms with E-state index >= 15 is 0 Å². The number of nitrogens with zero attached hydrogens (tertiary/aromatic N) is 2. The van der Waals surface area contributed by atoms with Crippen LogP contribution in [0.5, 0.6) is 0 Å². The molecule has 2 saturated heterocycles. The minimum atomic E-state index is -0.101. The summed E-state index contributed by atoms with van der Waals surface area (Å²) >= 11 is 0. The molecule has 3 aromatic carbocycles. The molecular formula is C32H40N4O. The third-order valence-corrected chi connectivity index (χ3v) is 8.08. The summed E-state index contributed by atoms with van der Waals surface area (Å²) < 4.78 is 0. The van der Waals surface area contributed by atoms with Crippen molar-refractivity contribution in [2.75, 3.05) is 33.2 Å². The summed E-state index contributed by atoms with van der Waals surface area (Å²) in [5.41, 5.74) is 3.98. The Morgan fingerprint density at radius 3 is 1.97 bits per heavy atom. The molecule has 0 aliphatic carbocycles. The van der Waals surface area contributed by atoms with Gasteiger partial charge >= 0.3 is 0 Å². The van der Waals surface area contributed by atoms with Gasteiger partial charge in [0.05, 0.1) is 6.04 Å². The van der Waals surface area contributed by atoms with E-state index < -0.39 is 0 Å². The maximum Gasteiger partial charge on any atom is 0.237 e. The Morgan fingerprint density at radius 1 is 0.838 bits per heavy atom. The van der Waals surface area contributed by atoms with Gasteiger partial charge in [0.1, 0.15) is 0 Å². The van der Waals surface area contributed by atoms with Crippen molar-refractivity contribution >= 4 is 5.91 Å². The number of hydrogen-bond acceptors (Lipinski definition) is 4. The molecule has 37 heavy (non-hydrogen) atoms. The molecule has 2 fully saturated rings. The molecule has 0 aromatic heterocycles. The van der Waals surface area contributed by atoms with Gasteiger partial charge in [-0.25, -0.2) is 0 Å². The van der Waals surface area contributed by atoms with Crippen molar-refractivity contribution < 1.29 is 4.79 Å². The predicted octanol–water partition coefficient (Wildman–Crippen LogP) is 4.26. The summed E-state index contributed by atoms with van der Waals surface area (Å²) in [7, 11) is 1.76. The minimum Gasteiger partial charge on any atom is -0.358 e. The molecule has 5 rings (SSSR count). The van der Waals surface area contributed by atoms with Crippen LogP contribution in [0.2, 0.25) is 0 Å². The van der Waals surface area contributed by atoms with Crippen LogP contribution in [0.15, 0.2) is 91.0 Å². The highest BCUT2D eigenvalue weighted by Crippen LogP contribution is 2.30. The highest BCUT2D eigenvalue weighted by atomic mass is 16.2. The van der Waals surface area contributed by atoms with Crippen LogP contribution in [0, 0.1) is 0 Å². The number of amides is 1. The van der Waals surface area contributed by atoms with Crippen LogP contribution in [0.3, 0.4) is 0 Å². The first-order valence-corrected chi connectivity index (χ1v) is 13.8. The Hall–Kier alpha value is -2.99. The fourth-order valence-electron chi connectivity index (χ4n) is 6.11. The molecule has 1 amide bonds. The quantitative estimate of drug-likeness (QED) is 0.465. The Labute approximate surface area is 221 Å². The van der Waals surface area contributed by atoms with Gasteiger partial charge < -0.3 is 10.6 Å². The van der Waals surface area contributed by atoms with E-state index in [9.17, 15) is 4.79 Å². The SMILES string of the molecule is CNC(=O)[C@@H]1C[C@H](NC2CCN(Cc3ccccc3)CC2)CN1CC(c1ccccc1)c1ccccc1. The van der Waals surface area contributed by atoms with E-state index in [1.807, 2.05) is 0 Å². The van der Waals surface area contributed by atoms with Crippen LogP contribution >= 0.6 is 0 Å². The second-order valence-electron chi connectivity index (χ2n) is 10.6. The fraction of sp³-hybridized carbons (Fsp3) is 0.406. The summed E-state index contributed by atoms with van der Waals surface area (Å²) in [4.78, 5) is 17.9. The van der Waals surface area contributed by atoms with Crippen molar-refractivity contribution in [1.82, 2.24) is 20.4 Å². The smallest absolute Gasteiger partial charge is 0.237 e. The van der Waals surface area contributed by atoms with Crippen LogP contribution in [-0.4, -0.2) is 67.1 Å². The molecule has 194 valence electrons. The Bertz CT molecular complexity index is 1060. The third kappa shape index (κ3) is 6.67. The lowest BCUT2D eigenvalue weighted by Gasteiger charge is -2.34. The molecule has 0 spiro atoms. The number of carbonyl (C=O) groups is 1. The van der Waals surface area contributed by atoms with E-state index in [0.29, 0.717) is 12.1 Å². The second-order valence-corrected chi connectivity index (χ2v) is 10.6. The Balaban J connectivity index is 1.22. The molecule has 5 nitrogen and oxygen atoms in total. The number of likely N-dealkylation sites (N-methyl/N-ethyl adjacent to an activating group) is 1. The van der Waals surface area contributed by atoms with Gasteiger partial charge in [0.2, 0.25) is 5.91 Å². The Morgan fingerprint density at radius 2 is 1.41 bits per heavy atom. The first kappa shape index (κ1) is 25.7. The zero-order valence-corrected chi connectivity index (χ0v) is 21.9. The highest BCUT2D eigenvalue weighted by molar-refractivity contribution is 5.81. The largest absolute Gasteiger partial charge is 0.358 e. The monoisotopic (exact) mass is 496 g/mol. The number of piperidine rings is 1. The first-order chi connectivity index (χ1) is 18.2. The zero-order chi connectivity index (χ0) is 25.5. The second kappa shape index (κ2) is 12.5. The molecule has 0 bridgehead atoms. The van der Waals surface area contributed by atoms with Gasteiger partial charge in [0.25, 0.3) is 0 Å². The van der Waals surface area contributed by atoms with E-state index in [4.69, 9.17) is 0 Å². The molecule has 2 N–H and O–H groups in total. The lowest BCUT2D eigenvalue weighted by molar-refractivity contribution is -0.125. The molecule has 0 saturated carbocycles. The summed E-state index contributed by atoms with van der Waals surface area (Å²) in [5, 5.41) is 6.87.